The molecule has 0 bridgehead atoms. The fraction of sp³-hybridized carbons (Fsp3) is 0.192. The van der Waals surface area contributed by atoms with Gasteiger partial charge in [-0.25, -0.2) is 32.0 Å². The molecule has 3 amide bonds. The number of carbonyl (C=O) groups is 3. The minimum absolute atomic E-state index is 0.0560. The summed E-state index contributed by atoms with van der Waals surface area (Å²) in [7, 11) is -7.83. The number of hydrogen-bond donors (Lipinski definition) is 2. The maximum absolute atomic E-state index is 13.6. The number of carbonyl (C=O) groups excluding carboxylic acids is 3. The molecule has 0 aliphatic carbocycles. The van der Waals surface area contributed by atoms with Gasteiger partial charge in [-0.15, -0.1) is 0 Å². The summed E-state index contributed by atoms with van der Waals surface area (Å²) in [6, 6.07) is 16.5. The highest BCUT2D eigenvalue weighted by molar-refractivity contribution is 7.89. The molecule has 39 heavy (non-hydrogen) atoms. The van der Waals surface area contributed by atoms with Crippen molar-refractivity contribution in [2.24, 2.45) is 10.3 Å². The molecule has 0 radical (unpaired) electrons. The third-order valence-electron chi connectivity index (χ3n) is 6.38. The molecule has 1 unspecified atom stereocenters. The van der Waals surface area contributed by atoms with Crippen molar-refractivity contribution in [3.63, 3.8) is 0 Å². The van der Waals surface area contributed by atoms with Gasteiger partial charge < -0.3 is 4.90 Å². The van der Waals surface area contributed by atoms with E-state index in [1.807, 2.05) is 6.92 Å². The van der Waals surface area contributed by atoms with Crippen molar-refractivity contribution in [2.75, 3.05) is 11.4 Å². The Hall–Kier alpha value is -3.91. The predicted octanol–water partition coefficient (Wildman–Crippen LogP) is 1.31. The van der Waals surface area contributed by atoms with Crippen molar-refractivity contribution in [1.82, 2.24) is 4.90 Å². The van der Waals surface area contributed by atoms with Crippen molar-refractivity contribution in [3.8, 4) is 0 Å². The molecule has 4 rings (SSSR count). The van der Waals surface area contributed by atoms with Crippen LogP contribution in [0.4, 0.5) is 5.69 Å². The molecule has 3 aromatic carbocycles. The Labute approximate surface area is 226 Å². The van der Waals surface area contributed by atoms with Crippen LogP contribution in [0.1, 0.15) is 27.9 Å². The molecule has 1 aliphatic rings. The van der Waals surface area contributed by atoms with Crippen molar-refractivity contribution >= 4 is 43.5 Å². The van der Waals surface area contributed by atoms with Gasteiger partial charge in [-0.3, -0.25) is 14.4 Å². The molecule has 0 saturated carbocycles. The van der Waals surface area contributed by atoms with Gasteiger partial charge in [0.1, 0.15) is 6.04 Å². The van der Waals surface area contributed by atoms with Gasteiger partial charge in [0.2, 0.25) is 26.0 Å². The lowest BCUT2D eigenvalue weighted by Crippen LogP contribution is -2.46. The topological polar surface area (TPSA) is 178 Å². The fourth-order valence-electron chi connectivity index (χ4n) is 4.27. The molecular weight excluding hydrogens is 544 g/mol. The first-order valence-electron chi connectivity index (χ1n) is 11.7. The first kappa shape index (κ1) is 28.1. The minimum atomic E-state index is -3.97. The first-order valence-corrected chi connectivity index (χ1v) is 14.8. The van der Waals surface area contributed by atoms with Crippen LogP contribution in [-0.4, -0.2) is 52.0 Å². The number of nitrogens with zero attached hydrogens (tertiary/aromatic N) is 2. The van der Waals surface area contributed by atoms with Crippen LogP contribution in [0.2, 0.25) is 0 Å². The van der Waals surface area contributed by atoms with Crippen molar-refractivity contribution in [1.29, 1.82) is 0 Å². The van der Waals surface area contributed by atoms with Crippen LogP contribution in [0.3, 0.4) is 0 Å². The van der Waals surface area contributed by atoms with Gasteiger partial charge in [-0.2, -0.15) is 0 Å². The number of amides is 3. The maximum Gasteiger partial charge on any atom is 0.257 e. The van der Waals surface area contributed by atoms with Gasteiger partial charge in [0, 0.05) is 12.1 Å². The minimum Gasteiger partial charge on any atom is -0.326 e. The number of aryl methyl sites for hydroxylation is 1. The van der Waals surface area contributed by atoms with E-state index in [1.165, 1.54) is 41.3 Å². The Balaban J connectivity index is 1.62. The molecule has 0 spiro atoms. The molecule has 13 heteroatoms. The lowest BCUT2D eigenvalue weighted by Gasteiger charge is -2.28. The number of anilines is 1. The summed E-state index contributed by atoms with van der Waals surface area (Å²) in [5, 5.41) is 10.3. The smallest absolute Gasteiger partial charge is 0.257 e. The Morgan fingerprint density at radius 3 is 1.87 bits per heavy atom. The summed E-state index contributed by atoms with van der Waals surface area (Å²) >= 11 is 0. The van der Waals surface area contributed by atoms with Crippen LogP contribution >= 0.6 is 0 Å². The highest BCUT2D eigenvalue weighted by atomic mass is 32.2. The van der Waals surface area contributed by atoms with E-state index in [2.05, 4.69) is 0 Å². The van der Waals surface area contributed by atoms with Crippen molar-refractivity contribution < 1.29 is 31.2 Å². The molecule has 1 saturated heterocycles. The normalized spacial score (nSPS) is 16.0. The molecule has 0 aromatic heterocycles. The lowest BCUT2D eigenvalue weighted by molar-refractivity contribution is -0.122. The maximum atomic E-state index is 13.6. The van der Waals surface area contributed by atoms with E-state index in [4.69, 9.17) is 10.3 Å². The molecule has 1 heterocycles. The van der Waals surface area contributed by atoms with E-state index < -0.39 is 43.8 Å². The van der Waals surface area contributed by atoms with E-state index in [0.717, 1.165) is 10.5 Å². The van der Waals surface area contributed by atoms with E-state index in [0.29, 0.717) is 11.1 Å². The van der Waals surface area contributed by atoms with Gasteiger partial charge in [0.25, 0.3) is 11.8 Å². The fourth-order valence-corrected chi connectivity index (χ4v) is 5.30. The van der Waals surface area contributed by atoms with Crippen LogP contribution in [0, 0.1) is 6.92 Å². The number of hydrogen-bond acceptors (Lipinski definition) is 7. The number of sulfonamides is 2. The number of benzene rings is 3. The van der Waals surface area contributed by atoms with Crippen LogP contribution in [0.25, 0.3) is 0 Å². The number of nitrogens with two attached hydrogens (primary N) is 2. The zero-order chi connectivity index (χ0) is 28.5. The summed E-state index contributed by atoms with van der Waals surface area (Å²) in [5.74, 6) is -1.63. The van der Waals surface area contributed by atoms with Crippen LogP contribution in [-0.2, 0) is 36.1 Å². The number of imide groups is 1. The third kappa shape index (κ3) is 6.23. The molecule has 204 valence electrons. The Bertz CT molecular complexity index is 1640. The summed E-state index contributed by atoms with van der Waals surface area (Å²) in [5.41, 5.74) is 2.12. The number of rotatable bonds is 8. The van der Waals surface area contributed by atoms with Crippen molar-refractivity contribution in [2.45, 2.75) is 35.6 Å². The van der Waals surface area contributed by atoms with Crippen molar-refractivity contribution in [3.05, 3.63) is 89.5 Å². The average molecular weight is 571 g/mol. The quantitative estimate of drug-likeness (QED) is 0.383. The molecule has 3 aromatic rings. The first-order chi connectivity index (χ1) is 18.3. The van der Waals surface area contributed by atoms with Gasteiger partial charge >= 0.3 is 0 Å². The van der Waals surface area contributed by atoms with Crippen LogP contribution in [0.5, 0.6) is 0 Å². The SMILES string of the molecule is Cc1ccc(C(=O)N(CCc2ccc(S(N)(=O)=O)cc2)C2CC(=O)N(c3ccc(S(N)(=O)=O)cc3)C2=O)cc1. The van der Waals surface area contributed by atoms with Crippen LogP contribution < -0.4 is 15.2 Å². The van der Waals surface area contributed by atoms with Gasteiger partial charge in [-0.1, -0.05) is 29.8 Å². The number of primary sulfonamides is 2. The van der Waals surface area contributed by atoms with E-state index in [9.17, 15) is 31.2 Å². The largest absolute Gasteiger partial charge is 0.326 e. The van der Waals surface area contributed by atoms with Crippen LogP contribution in [0.15, 0.2) is 82.6 Å². The molecule has 1 aliphatic heterocycles. The molecule has 1 atom stereocenters. The second kappa shape index (κ2) is 10.7. The van der Waals surface area contributed by atoms with E-state index in [1.54, 1.807) is 36.4 Å². The Morgan fingerprint density at radius 2 is 1.36 bits per heavy atom. The monoisotopic (exact) mass is 570 g/mol. The predicted molar refractivity (Wildman–Crippen MR) is 142 cm³/mol. The average Bonchev–Trinajstić information content (AvgIpc) is 3.17. The Morgan fingerprint density at radius 1 is 0.846 bits per heavy atom. The zero-order valence-corrected chi connectivity index (χ0v) is 22.5. The zero-order valence-electron chi connectivity index (χ0n) is 20.9. The highest BCUT2D eigenvalue weighted by Crippen LogP contribution is 2.28. The lowest BCUT2D eigenvalue weighted by atomic mass is 10.1. The second-order valence-electron chi connectivity index (χ2n) is 9.13. The standard InChI is InChI=1S/C26H26N4O7S2/c1-17-2-6-19(7-3-17)25(32)29(15-14-18-4-10-21(11-5-18)38(27,34)35)23-16-24(31)30(26(23)33)20-8-12-22(13-9-20)39(28,36)37/h2-13,23H,14-16H2,1H3,(H2,27,34,35)(H2,28,36,37). The molecule has 11 nitrogen and oxygen atoms in total. The summed E-state index contributed by atoms with van der Waals surface area (Å²) in [6.07, 6.45) is 0.00125. The molecule has 4 N–H and O–H groups in total. The van der Waals surface area contributed by atoms with Gasteiger partial charge in [-0.05, 0) is 67.4 Å². The van der Waals surface area contributed by atoms with E-state index in [-0.39, 0.29) is 34.9 Å². The highest BCUT2D eigenvalue weighted by Gasteiger charge is 2.44. The molecule has 1 fully saturated rings. The summed E-state index contributed by atoms with van der Waals surface area (Å²) in [4.78, 5) is 42.0. The molecular formula is C26H26N4O7S2. The Kier molecular flexibility index (Phi) is 7.70. The third-order valence-corrected chi connectivity index (χ3v) is 8.23. The van der Waals surface area contributed by atoms with Gasteiger partial charge in [0.15, 0.2) is 0 Å². The second-order valence-corrected chi connectivity index (χ2v) is 12.3. The van der Waals surface area contributed by atoms with E-state index >= 15 is 0 Å². The summed E-state index contributed by atoms with van der Waals surface area (Å²) in [6.45, 7) is 1.93. The summed E-state index contributed by atoms with van der Waals surface area (Å²) < 4.78 is 46.2. The van der Waals surface area contributed by atoms with Gasteiger partial charge in [0.05, 0.1) is 21.9 Å².